The zero-order valence-electron chi connectivity index (χ0n) is 11.7. The summed E-state index contributed by atoms with van der Waals surface area (Å²) in [6.45, 7) is 0.633. The Morgan fingerprint density at radius 3 is 2.52 bits per heavy atom. The van der Waals surface area contributed by atoms with Gasteiger partial charge >= 0.3 is 6.03 Å². The van der Waals surface area contributed by atoms with Crippen molar-refractivity contribution in [2.75, 3.05) is 7.11 Å². The van der Waals surface area contributed by atoms with Gasteiger partial charge in [-0.3, -0.25) is 0 Å². The lowest BCUT2D eigenvalue weighted by molar-refractivity contribution is 0.240. The van der Waals surface area contributed by atoms with E-state index in [-0.39, 0.29) is 18.4 Å². The molecule has 0 aliphatic rings. The van der Waals surface area contributed by atoms with E-state index in [1.54, 1.807) is 0 Å². The Labute approximate surface area is 122 Å². The summed E-state index contributed by atoms with van der Waals surface area (Å²) in [5.74, 6) is 0.178. The first-order chi connectivity index (χ1) is 10.2. The van der Waals surface area contributed by atoms with Gasteiger partial charge in [-0.1, -0.05) is 30.3 Å². The zero-order valence-corrected chi connectivity index (χ0v) is 11.7. The maximum Gasteiger partial charge on any atom is 0.315 e. The van der Waals surface area contributed by atoms with E-state index in [0.29, 0.717) is 17.9 Å². The van der Waals surface area contributed by atoms with Gasteiger partial charge in [-0.25, -0.2) is 9.18 Å². The van der Waals surface area contributed by atoms with Crippen LogP contribution >= 0.6 is 0 Å². The lowest BCUT2D eigenvalue weighted by Crippen LogP contribution is -2.34. The van der Waals surface area contributed by atoms with Crippen LogP contribution in [0.3, 0.4) is 0 Å². The van der Waals surface area contributed by atoms with Gasteiger partial charge in [-0.15, -0.1) is 0 Å². The summed E-state index contributed by atoms with van der Waals surface area (Å²) in [5, 5.41) is 5.41. The molecular formula is C16H17FN2O2. The van der Waals surface area contributed by atoms with Crippen LogP contribution in [0.5, 0.6) is 5.75 Å². The van der Waals surface area contributed by atoms with Crippen LogP contribution in [0.4, 0.5) is 9.18 Å². The Bertz CT molecular complexity index is 602. The number of methoxy groups -OCH3 is 1. The maximum absolute atomic E-state index is 13.2. The van der Waals surface area contributed by atoms with E-state index in [1.165, 1.54) is 25.3 Å². The summed E-state index contributed by atoms with van der Waals surface area (Å²) in [4.78, 5) is 11.7. The molecule has 110 valence electrons. The molecule has 0 aliphatic heterocycles. The normalized spacial score (nSPS) is 10.0. The SMILES string of the molecule is COc1ccc(F)cc1CNC(=O)NCc1ccccc1. The third kappa shape index (κ3) is 4.49. The predicted molar refractivity (Wildman–Crippen MR) is 78.5 cm³/mol. The number of carbonyl (C=O) groups is 1. The van der Waals surface area contributed by atoms with Crippen LogP contribution < -0.4 is 15.4 Å². The second-order valence-electron chi connectivity index (χ2n) is 4.48. The van der Waals surface area contributed by atoms with Crippen molar-refractivity contribution in [3.63, 3.8) is 0 Å². The van der Waals surface area contributed by atoms with Gasteiger partial charge in [-0.05, 0) is 23.8 Å². The summed E-state index contributed by atoms with van der Waals surface area (Å²) >= 11 is 0. The van der Waals surface area contributed by atoms with E-state index in [2.05, 4.69) is 10.6 Å². The van der Waals surface area contributed by atoms with Gasteiger partial charge in [0.15, 0.2) is 0 Å². The van der Waals surface area contributed by atoms with Crippen LogP contribution in [0.15, 0.2) is 48.5 Å². The van der Waals surface area contributed by atoms with Crippen LogP contribution in [0.25, 0.3) is 0 Å². The minimum absolute atomic E-state index is 0.196. The number of urea groups is 1. The Morgan fingerprint density at radius 1 is 1.10 bits per heavy atom. The lowest BCUT2D eigenvalue weighted by atomic mass is 10.2. The fraction of sp³-hybridized carbons (Fsp3) is 0.188. The number of nitrogens with one attached hydrogen (secondary N) is 2. The van der Waals surface area contributed by atoms with Gasteiger partial charge in [0.05, 0.1) is 7.11 Å². The molecule has 21 heavy (non-hydrogen) atoms. The smallest absolute Gasteiger partial charge is 0.315 e. The van der Waals surface area contributed by atoms with Crippen molar-refractivity contribution in [3.05, 3.63) is 65.5 Å². The van der Waals surface area contributed by atoms with Crippen LogP contribution in [0.2, 0.25) is 0 Å². The van der Waals surface area contributed by atoms with E-state index in [4.69, 9.17) is 4.74 Å². The first-order valence-corrected chi connectivity index (χ1v) is 6.57. The number of ether oxygens (including phenoxy) is 1. The molecule has 0 aromatic heterocycles. The molecule has 0 heterocycles. The van der Waals surface area contributed by atoms with E-state index in [9.17, 15) is 9.18 Å². The van der Waals surface area contributed by atoms with Crippen molar-refractivity contribution in [3.8, 4) is 5.75 Å². The average molecular weight is 288 g/mol. The molecule has 0 bridgehead atoms. The quantitative estimate of drug-likeness (QED) is 0.889. The molecule has 2 aromatic rings. The molecule has 2 aromatic carbocycles. The number of benzene rings is 2. The third-order valence-electron chi connectivity index (χ3n) is 2.98. The number of hydrogen-bond donors (Lipinski definition) is 2. The number of halogens is 1. The molecule has 4 nitrogen and oxygen atoms in total. The van der Waals surface area contributed by atoms with E-state index < -0.39 is 0 Å². The molecule has 2 rings (SSSR count). The Balaban J connectivity index is 1.85. The van der Waals surface area contributed by atoms with Crippen molar-refractivity contribution in [1.82, 2.24) is 10.6 Å². The van der Waals surface area contributed by atoms with Crippen molar-refractivity contribution < 1.29 is 13.9 Å². The minimum Gasteiger partial charge on any atom is -0.496 e. The highest BCUT2D eigenvalue weighted by molar-refractivity contribution is 5.73. The number of carbonyl (C=O) groups excluding carboxylic acids is 1. The van der Waals surface area contributed by atoms with Gasteiger partial charge in [0.25, 0.3) is 0 Å². The molecule has 0 fully saturated rings. The van der Waals surface area contributed by atoms with E-state index in [0.717, 1.165) is 5.56 Å². The van der Waals surface area contributed by atoms with E-state index in [1.807, 2.05) is 30.3 Å². The zero-order chi connectivity index (χ0) is 15.1. The Morgan fingerprint density at radius 2 is 1.81 bits per heavy atom. The average Bonchev–Trinajstić information content (AvgIpc) is 2.52. The second kappa shape index (κ2) is 7.28. The van der Waals surface area contributed by atoms with Crippen molar-refractivity contribution in [1.29, 1.82) is 0 Å². The highest BCUT2D eigenvalue weighted by atomic mass is 19.1. The van der Waals surface area contributed by atoms with Gasteiger partial charge in [0.1, 0.15) is 11.6 Å². The number of rotatable bonds is 5. The third-order valence-corrected chi connectivity index (χ3v) is 2.98. The molecule has 2 amide bonds. The van der Waals surface area contributed by atoms with Gasteiger partial charge in [0.2, 0.25) is 0 Å². The summed E-state index contributed by atoms with van der Waals surface area (Å²) < 4.78 is 18.3. The van der Waals surface area contributed by atoms with Gasteiger partial charge in [-0.2, -0.15) is 0 Å². The molecule has 0 saturated heterocycles. The molecular weight excluding hydrogens is 271 g/mol. The summed E-state index contributed by atoms with van der Waals surface area (Å²) in [7, 11) is 1.51. The van der Waals surface area contributed by atoms with E-state index >= 15 is 0 Å². The van der Waals surface area contributed by atoms with Gasteiger partial charge < -0.3 is 15.4 Å². The largest absolute Gasteiger partial charge is 0.496 e. The molecule has 0 atom stereocenters. The first kappa shape index (κ1) is 14.8. The molecule has 0 aliphatic carbocycles. The fourth-order valence-electron chi connectivity index (χ4n) is 1.90. The van der Waals surface area contributed by atoms with Crippen molar-refractivity contribution in [2.45, 2.75) is 13.1 Å². The summed E-state index contributed by atoms with van der Waals surface area (Å²) in [5.41, 5.74) is 1.60. The van der Waals surface area contributed by atoms with Crippen molar-refractivity contribution >= 4 is 6.03 Å². The van der Waals surface area contributed by atoms with Crippen LogP contribution in [0.1, 0.15) is 11.1 Å². The molecule has 5 heteroatoms. The van der Waals surface area contributed by atoms with Gasteiger partial charge in [0, 0.05) is 18.7 Å². The molecule has 0 radical (unpaired) electrons. The minimum atomic E-state index is -0.364. The summed E-state index contributed by atoms with van der Waals surface area (Å²) in [6.07, 6.45) is 0. The first-order valence-electron chi connectivity index (χ1n) is 6.57. The fourth-order valence-corrected chi connectivity index (χ4v) is 1.90. The molecule has 2 N–H and O–H groups in total. The Hall–Kier alpha value is -2.56. The monoisotopic (exact) mass is 288 g/mol. The second-order valence-corrected chi connectivity index (χ2v) is 4.48. The predicted octanol–water partition coefficient (Wildman–Crippen LogP) is 2.83. The number of amides is 2. The van der Waals surface area contributed by atoms with Crippen LogP contribution in [-0.2, 0) is 13.1 Å². The molecule has 0 spiro atoms. The molecule has 0 saturated carbocycles. The maximum atomic E-state index is 13.2. The van der Waals surface area contributed by atoms with Crippen LogP contribution in [-0.4, -0.2) is 13.1 Å². The standard InChI is InChI=1S/C16H17FN2O2/c1-21-15-8-7-14(17)9-13(15)11-19-16(20)18-10-12-5-3-2-4-6-12/h2-9H,10-11H2,1H3,(H2,18,19,20). The highest BCUT2D eigenvalue weighted by Crippen LogP contribution is 2.18. The van der Waals surface area contributed by atoms with Crippen LogP contribution in [0, 0.1) is 5.82 Å². The number of hydrogen-bond acceptors (Lipinski definition) is 2. The summed E-state index contributed by atoms with van der Waals surface area (Å²) in [6, 6.07) is 13.5. The Kier molecular flexibility index (Phi) is 5.15. The lowest BCUT2D eigenvalue weighted by Gasteiger charge is -2.11. The molecule has 0 unspecified atom stereocenters. The van der Waals surface area contributed by atoms with Crippen molar-refractivity contribution in [2.24, 2.45) is 0 Å². The highest BCUT2D eigenvalue weighted by Gasteiger charge is 2.06. The topological polar surface area (TPSA) is 50.4 Å².